The van der Waals surface area contributed by atoms with E-state index in [0.29, 0.717) is 34.9 Å². The maximum absolute atomic E-state index is 13.1. The quantitative estimate of drug-likeness (QED) is 0.114. The average Bonchev–Trinajstić information content (AvgIpc) is 3.48. The van der Waals surface area contributed by atoms with Gasteiger partial charge in [0.25, 0.3) is 5.91 Å². The molecule has 2 atom stereocenters. The topological polar surface area (TPSA) is 97.8 Å². The second kappa shape index (κ2) is 14.9. The molecule has 0 saturated carbocycles. The minimum Gasteiger partial charge on any atom is -0.489 e. The zero-order valence-electron chi connectivity index (χ0n) is 23.8. The highest BCUT2D eigenvalue weighted by molar-refractivity contribution is 7.09. The summed E-state index contributed by atoms with van der Waals surface area (Å²) in [5.41, 5.74) is 4.59. The third-order valence-corrected chi connectivity index (χ3v) is 7.43. The summed E-state index contributed by atoms with van der Waals surface area (Å²) in [5, 5.41) is 16.3. The lowest BCUT2D eigenvalue weighted by atomic mass is 10.0. The molecule has 3 aromatic carbocycles. The Bertz CT molecular complexity index is 1530. The summed E-state index contributed by atoms with van der Waals surface area (Å²) in [4.78, 5) is 29.6. The number of hydrogen-bond donors (Lipinski definition) is 2. The van der Waals surface area contributed by atoms with E-state index in [2.05, 4.69) is 5.32 Å². The molecule has 1 unspecified atom stereocenters. The van der Waals surface area contributed by atoms with E-state index < -0.39 is 24.0 Å². The monoisotopic (exact) mass is 582 g/mol. The van der Waals surface area contributed by atoms with E-state index in [0.717, 1.165) is 22.4 Å². The SMILES string of the molecule is COC(=O)C(C)=CC(C)=Cc1csc([C@H](Cc2ccc(OCc3ccccc3)cc2)NC(=O)C(O)c2ccccc2)n1. The van der Waals surface area contributed by atoms with Crippen LogP contribution in [0, 0.1) is 0 Å². The van der Waals surface area contributed by atoms with E-state index in [9.17, 15) is 14.7 Å². The minimum absolute atomic E-state index is 0.391. The number of carbonyl (C=O) groups is 2. The molecule has 0 aliphatic rings. The van der Waals surface area contributed by atoms with Gasteiger partial charge in [0.05, 0.1) is 18.8 Å². The largest absolute Gasteiger partial charge is 0.489 e. The molecule has 4 rings (SSSR count). The number of amides is 1. The van der Waals surface area contributed by atoms with Crippen molar-refractivity contribution in [2.75, 3.05) is 7.11 Å². The van der Waals surface area contributed by atoms with Crippen molar-refractivity contribution in [3.8, 4) is 5.75 Å². The van der Waals surface area contributed by atoms with Crippen LogP contribution in [0.15, 0.2) is 108 Å². The third kappa shape index (κ3) is 8.73. The molecule has 0 aliphatic heterocycles. The summed E-state index contributed by atoms with van der Waals surface area (Å²) in [6.07, 6.45) is 2.75. The van der Waals surface area contributed by atoms with Gasteiger partial charge in [0.1, 0.15) is 17.4 Å². The van der Waals surface area contributed by atoms with Crippen LogP contribution < -0.4 is 10.1 Å². The van der Waals surface area contributed by atoms with Gasteiger partial charge in [-0.1, -0.05) is 72.8 Å². The third-order valence-electron chi connectivity index (χ3n) is 6.46. The molecule has 7 nitrogen and oxygen atoms in total. The molecule has 0 fully saturated rings. The van der Waals surface area contributed by atoms with Crippen molar-refractivity contribution in [1.29, 1.82) is 0 Å². The van der Waals surface area contributed by atoms with Crippen molar-refractivity contribution in [2.24, 2.45) is 0 Å². The van der Waals surface area contributed by atoms with Gasteiger partial charge in [0.15, 0.2) is 6.10 Å². The lowest BCUT2D eigenvalue weighted by Gasteiger charge is -2.19. The molecule has 1 amide bonds. The number of nitrogens with one attached hydrogen (secondary N) is 1. The number of aliphatic hydroxyl groups excluding tert-OH is 1. The minimum atomic E-state index is -1.31. The standard InChI is InChI=1S/C34H34N2O5S/c1-23(18-24(2)34(39)40-3)19-28-22-42-33(35-28)30(36-32(38)31(37)27-12-8-5-9-13-27)20-25-14-16-29(17-15-25)41-21-26-10-6-4-7-11-26/h4-19,22,30-31,37H,20-21H2,1-3H3,(H,36,38)/t30-,31?/m0/s1. The van der Waals surface area contributed by atoms with Crippen LogP contribution in [0.3, 0.4) is 0 Å². The van der Waals surface area contributed by atoms with Crippen molar-refractivity contribution < 1.29 is 24.2 Å². The lowest BCUT2D eigenvalue weighted by Crippen LogP contribution is -2.34. The molecule has 216 valence electrons. The van der Waals surface area contributed by atoms with Crippen LogP contribution in [0.4, 0.5) is 0 Å². The van der Waals surface area contributed by atoms with E-state index in [1.165, 1.54) is 18.4 Å². The van der Waals surface area contributed by atoms with E-state index in [-0.39, 0.29) is 0 Å². The predicted octanol–water partition coefficient (Wildman–Crippen LogP) is 6.38. The Morgan fingerprint density at radius 3 is 2.29 bits per heavy atom. The summed E-state index contributed by atoms with van der Waals surface area (Å²) in [7, 11) is 1.35. The average molecular weight is 583 g/mol. The first-order chi connectivity index (χ1) is 20.3. The Morgan fingerprint density at radius 2 is 1.62 bits per heavy atom. The van der Waals surface area contributed by atoms with Crippen LogP contribution in [0.2, 0.25) is 0 Å². The first kappa shape index (κ1) is 30.4. The Hall–Kier alpha value is -4.53. The Balaban J connectivity index is 1.52. The van der Waals surface area contributed by atoms with Crippen LogP contribution in [0.1, 0.15) is 53.4 Å². The van der Waals surface area contributed by atoms with Crippen LogP contribution in [-0.2, 0) is 27.4 Å². The van der Waals surface area contributed by atoms with Gasteiger partial charge >= 0.3 is 5.97 Å². The summed E-state index contributed by atoms with van der Waals surface area (Å²) >= 11 is 1.42. The fourth-order valence-corrected chi connectivity index (χ4v) is 5.13. The predicted molar refractivity (Wildman–Crippen MR) is 165 cm³/mol. The highest BCUT2D eigenvalue weighted by Crippen LogP contribution is 2.26. The number of carbonyl (C=O) groups excluding carboxylic acids is 2. The molecule has 1 heterocycles. The molecule has 0 bridgehead atoms. The molecule has 2 N–H and O–H groups in total. The fourth-order valence-electron chi connectivity index (χ4n) is 4.30. The van der Waals surface area contributed by atoms with Crippen molar-refractivity contribution in [3.05, 3.63) is 135 Å². The van der Waals surface area contributed by atoms with Crippen molar-refractivity contribution in [3.63, 3.8) is 0 Å². The lowest BCUT2D eigenvalue weighted by molar-refractivity contribution is -0.136. The fraction of sp³-hybridized carbons (Fsp3) is 0.206. The molecule has 0 radical (unpaired) electrons. The van der Waals surface area contributed by atoms with E-state index in [1.807, 2.05) is 79.0 Å². The second-order valence-electron chi connectivity index (χ2n) is 9.81. The highest BCUT2D eigenvalue weighted by Gasteiger charge is 2.24. The number of rotatable bonds is 12. The Kier molecular flexibility index (Phi) is 10.8. The molecular weight excluding hydrogens is 548 g/mol. The zero-order chi connectivity index (χ0) is 29.9. The van der Waals surface area contributed by atoms with Crippen LogP contribution in [0.25, 0.3) is 6.08 Å². The summed E-state index contributed by atoms with van der Waals surface area (Å²) in [5.74, 6) is -0.151. The number of benzene rings is 3. The summed E-state index contributed by atoms with van der Waals surface area (Å²) in [6.45, 7) is 4.04. The number of nitrogens with zero attached hydrogens (tertiary/aromatic N) is 1. The Morgan fingerprint density at radius 1 is 0.952 bits per heavy atom. The second-order valence-corrected chi connectivity index (χ2v) is 10.7. The number of methoxy groups -OCH3 is 1. The number of ether oxygens (including phenoxy) is 2. The van der Waals surface area contributed by atoms with Crippen molar-refractivity contribution in [2.45, 2.75) is 39.0 Å². The molecule has 0 aliphatic carbocycles. The van der Waals surface area contributed by atoms with Gasteiger partial charge < -0.3 is 19.9 Å². The maximum Gasteiger partial charge on any atom is 0.333 e. The zero-order valence-corrected chi connectivity index (χ0v) is 24.6. The molecule has 42 heavy (non-hydrogen) atoms. The van der Waals surface area contributed by atoms with Crippen molar-refractivity contribution >= 4 is 29.3 Å². The van der Waals surface area contributed by atoms with E-state index in [4.69, 9.17) is 14.5 Å². The number of thiazole rings is 1. The van der Waals surface area contributed by atoms with Gasteiger partial charge in [0, 0.05) is 11.0 Å². The molecular formula is C34H34N2O5S. The number of hydrogen-bond acceptors (Lipinski definition) is 7. The first-order valence-electron chi connectivity index (χ1n) is 13.5. The molecule has 4 aromatic rings. The smallest absolute Gasteiger partial charge is 0.333 e. The van der Waals surface area contributed by atoms with Gasteiger partial charge in [-0.05, 0) is 66.8 Å². The van der Waals surface area contributed by atoms with Crippen LogP contribution in [0.5, 0.6) is 5.75 Å². The highest BCUT2D eigenvalue weighted by atomic mass is 32.1. The van der Waals surface area contributed by atoms with Gasteiger partial charge in [-0.25, -0.2) is 9.78 Å². The number of aliphatic hydroxyl groups is 1. The number of allylic oxidation sites excluding steroid dienone is 2. The van der Waals surface area contributed by atoms with Gasteiger partial charge in [-0.15, -0.1) is 11.3 Å². The first-order valence-corrected chi connectivity index (χ1v) is 14.4. The van der Waals surface area contributed by atoms with E-state index >= 15 is 0 Å². The number of esters is 1. The maximum atomic E-state index is 13.1. The molecule has 8 heteroatoms. The number of aromatic nitrogens is 1. The van der Waals surface area contributed by atoms with Gasteiger partial charge in [-0.2, -0.15) is 0 Å². The molecule has 1 aromatic heterocycles. The normalized spacial score (nSPS) is 13.2. The van der Waals surface area contributed by atoms with Crippen LogP contribution in [-0.4, -0.2) is 29.1 Å². The Labute approximate surface area is 250 Å². The van der Waals surface area contributed by atoms with Crippen LogP contribution >= 0.6 is 11.3 Å². The summed E-state index contributed by atoms with van der Waals surface area (Å²) < 4.78 is 10.7. The van der Waals surface area contributed by atoms with E-state index in [1.54, 1.807) is 37.3 Å². The molecule has 0 spiro atoms. The summed E-state index contributed by atoms with van der Waals surface area (Å²) in [6, 6.07) is 26.0. The van der Waals surface area contributed by atoms with Crippen molar-refractivity contribution in [1.82, 2.24) is 10.3 Å². The molecule has 0 saturated heterocycles. The van der Waals surface area contributed by atoms with Gasteiger partial charge in [0.2, 0.25) is 0 Å². The van der Waals surface area contributed by atoms with Gasteiger partial charge in [-0.3, -0.25) is 4.79 Å².